The van der Waals surface area contributed by atoms with Gasteiger partial charge in [-0.1, -0.05) is 12.8 Å². The van der Waals surface area contributed by atoms with Gasteiger partial charge < -0.3 is 15.1 Å². The van der Waals surface area contributed by atoms with Gasteiger partial charge in [0.15, 0.2) is 0 Å². The van der Waals surface area contributed by atoms with Gasteiger partial charge in [0.1, 0.15) is 0 Å². The Bertz CT molecular complexity index is 750. The number of carbonyl (C=O) groups is 1. The van der Waals surface area contributed by atoms with Gasteiger partial charge in [0, 0.05) is 42.4 Å². The smallest absolute Gasteiger partial charge is 0.265 e. The molecule has 1 saturated heterocycles. The lowest BCUT2D eigenvalue weighted by Crippen LogP contribution is -2.44. The lowest BCUT2D eigenvalue weighted by molar-refractivity contribution is 0.103. The van der Waals surface area contributed by atoms with Gasteiger partial charge in [0.25, 0.3) is 5.91 Å². The first kappa shape index (κ1) is 18.5. The minimum absolute atomic E-state index is 0.0269. The average Bonchev–Trinajstić information content (AvgIpc) is 3.05. The fourth-order valence-corrected chi connectivity index (χ4v) is 5.12. The molecule has 27 heavy (non-hydrogen) atoms. The second kappa shape index (κ2) is 8.44. The Labute approximate surface area is 166 Å². The Balaban J connectivity index is 1.40. The van der Waals surface area contributed by atoms with Gasteiger partial charge in [-0.15, -0.1) is 11.3 Å². The number of thiophene rings is 1. The van der Waals surface area contributed by atoms with Crippen LogP contribution in [0.2, 0.25) is 0 Å². The van der Waals surface area contributed by atoms with Crippen LogP contribution in [0.4, 0.5) is 11.4 Å². The maximum atomic E-state index is 12.7. The number of piperazine rings is 1. The molecule has 0 atom stereocenters. The lowest BCUT2D eigenvalue weighted by Gasteiger charge is -2.34. The van der Waals surface area contributed by atoms with E-state index in [2.05, 4.69) is 40.4 Å². The molecule has 1 aliphatic carbocycles. The van der Waals surface area contributed by atoms with Crippen LogP contribution in [-0.2, 0) is 12.8 Å². The molecular formula is C22H29N3OS. The van der Waals surface area contributed by atoms with Gasteiger partial charge in [0.05, 0.1) is 4.88 Å². The number of likely N-dealkylation sites (N-methyl/N-ethyl adjacent to an activating group) is 1. The van der Waals surface area contributed by atoms with Crippen molar-refractivity contribution in [2.24, 2.45) is 0 Å². The predicted octanol–water partition coefficient (Wildman–Crippen LogP) is 4.41. The van der Waals surface area contributed by atoms with Crippen molar-refractivity contribution in [3.63, 3.8) is 0 Å². The van der Waals surface area contributed by atoms with Crippen LogP contribution < -0.4 is 10.2 Å². The van der Waals surface area contributed by atoms with Crippen molar-refractivity contribution in [2.75, 3.05) is 43.4 Å². The molecule has 0 radical (unpaired) electrons. The van der Waals surface area contributed by atoms with Crippen LogP contribution in [0.3, 0.4) is 0 Å². The molecule has 2 aromatic rings. The number of amides is 1. The Hall–Kier alpha value is -1.85. The number of benzene rings is 1. The fourth-order valence-electron chi connectivity index (χ4n) is 3.97. The van der Waals surface area contributed by atoms with Gasteiger partial charge in [-0.2, -0.15) is 0 Å². The summed E-state index contributed by atoms with van der Waals surface area (Å²) in [6, 6.07) is 10.4. The molecule has 4 nitrogen and oxygen atoms in total. The van der Waals surface area contributed by atoms with E-state index in [9.17, 15) is 4.79 Å². The van der Waals surface area contributed by atoms with E-state index >= 15 is 0 Å². The third kappa shape index (κ3) is 4.53. The van der Waals surface area contributed by atoms with Crippen LogP contribution in [-0.4, -0.2) is 44.0 Å². The molecule has 0 bridgehead atoms. The highest BCUT2D eigenvalue weighted by Gasteiger charge is 2.17. The summed E-state index contributed by atoms with van der Waals surface area (Å²) in [7, 11) is 2.17. The Morgan fingerprint density at radius 1 is 0.963 bits per heavy atom. The standard InChI is InChI=1S/C22H29N3OS/c1-24-12-14-25(15-13-24)19-10-8-18(9-11-19)23-22(26)21-16-17-6-4-2-3-5-7-20(17)27-21/h8-11,16H,2-7,12-15H2,1H3,(H,23,26). The first-order valence-corrected chi connectivity index (χ1v) is 11.0. The van der Waals surface area contributed by atoms with Crippen molar-refractivity contribution in [1.29, 1.82) is 0 Å². The summed E-state index contributed by atoms with van der Waals surface area (Å²) in [5, 5.41) is 3.08. The lowest BCUT2D eigenvalue weighted by atomic mass is 10.00. The molecule has 0 spiro atoms. The predicted molar refractivity (Wildman–Crippen MR) is 114 cm³/mol. The minimum Gasteiger partial charge on any atom is -0.369 e. The summed E-state index contributed by atoms with van der Waals surface area (Å²) in [5.74, 6) is 0.0269. The van der Waals surface area contributed by atoms with Crippen molar-refractivity contribution >= 4 is 28.6 Å². The Morgan fingerprint density at radius 3 is 2.41 bits per heavy atom. The number of rotatable bonds is 3. The molecular weight excluding hydrogens is 354 g/mol. The summed E-state index contributed by atoms with van der Waals surface area (Å²) in [4.78, 5) is 19.7. The molecule has 1 N–H and O–H groups in total. The zero-order chi connectivity index (χ0) is 18.6. The summed E-state index contributed by atoms with van der Waals surface area (Å²) in [6.45, 7) is 4.31. The third-order valence-corrected chi connectivity index (χ3v) is 6.95. The molecule has 0 unspecified atom stereocenters. The Kier molecular flexibility index (Phi) is 5.79. The molecule has 4 rings (SSSR count). The monoisotopic (exact) mass is 383 g/mol. The number of hydrogen-bond acceptors (Lipinski definition) is 4. The van der Waals surface area contributed by atoms with E-state index in [1.165, 1.54) is 41.8 Å². The van der Waals surface area contributed by atoms with E-state index in [0.29, 0.717) is 0 Å². The third-order valence-electron chi connectivity index (χ3n) is 5.71. The molecule has 1 fully saturated rings. The van der Waals surface area contributed by atoms with Crippen molar-refractivity contribution in [3.05, 3.63) is 45.6 Å². The van der Waals surface area contributed by atoms with Crippen LogP contribution in [0, 0.1) is 0 Å². The van der Waals surface area contributed by atoms with Gasteiger partial charge in [-0.3, -0.25) is 4.79 Å². The van der Waals surface area contributed by atoms with E-state index in [1.807, 2.05) is 12.1 Å². The normalized spacial score (nSPS) is 18.5. The molecule has 2 aliphatic rings. The highest BCUT2D eigenvalue weighted by molar-refractivity contribution is 7.14. The first-order chi connectivity index (χ1) is 13.2. The van der Waals surface area contributed by atoms with Crippen LogP contribution in [0.1, 0.15) is 45.8 Å². The molecule has 1 aromatic carbocycles. The van der Waals surface area contributed by atoms with Crippen molar-refractivity contribution in [1.82, 2.24) is 4.90 Å². The summed E-state index contributed by atoms with van der Waals surface area (Å²) < 4.78 is 0. The maximum absolute atomic E-state index is 12.7. The van der Waals surface area contributed by atoms with E-state index in [4.69, 9.17) is 0 Å². The van der Waals surface area contributed by atoms with E-state index in [0.717, 1.165) is 49.6 Å². The summed E-state index contributed by atoms with van der Waals surface area (Å²) in [5.41, 5.74) is 3.51. The molecule has 1 aliphatic heterocycles. The van der Waals surface area contributed by atoms with Crippen LogP contribution in [0.25, 0.3) is 0 Å². The van der Waals surface area contributed by atoms with Gasteiger partial charge in [0.2, 0.25) is 0 Å². The van der Waals surface area contributed by atoms with Crippen molar-refractivity contribution < 1.29 is 4.79 Å². The van der Waals surface area contributed by atoms with Gasteiger partial charge in [-0.05, 0) is 68.6 Å². The summed E-state index contributed by atoms with van der Waals surface area (Å²) >= 11 is 1.69. The number of aryl methyl sites for hydroxylation is 2. The highest BCUT2D eigenvalue weighted by Crippen LogP contribution is 2.29. The molecule has 5 heteroatoms. The van der Waals surface area contributed by atoms with Crippen LogP contribution in [0.5, 0.6) is 0 Å². The fraction of sp³-hybridized carbons (Fsp3) is 0.500. The van der Waals surface area contributed by atoms with Gasteiger partial charge >= 0.3 is 0 Å². The second-order valence-corrected chi connectivity index (χ2v) is 8.90. The zero-order valence-electron chi connectivity index (χ0n) is 16.2. The largest absolute Gasteiger partial charge is 0.369 e. The van der Waals surface area contributed by atoms with E-state index in [1.54, 1.807) is 11.3 Å². The zero-order valence-corrected chi connectivity index (χ0v) is 17.0. The first-order valence-electron chi connectivity index (χ1n) is 10.2. The molecule has 1 amide bonds. The van der Waals surface area contributed by atoms with Crippen LogP contribution >= 0.6 is 11.3 Å². The average molecular weight is 384 g/mol. The number of anilines is 2. The summed E-state index contributed by atoms with van der Waals surface area (Å²) in [6.07, 6.45) is 7.39. The maximum Gasteiger partial charge on any atom is 0.265 e. The number of nitrogens with zero attached hydrogens (tertiary/aromatic N) is 2. The number of carbonyl (C=O) groups excluding carboxylic acids is 1. The quantitative estimate of drug-likeness (QED) is 0.853. The number of nitrogens with one attached hydrogen (secondary N) is 1. The SMILES string of the molecule is CN1CCN(c2ccc(NC(=O)c3cc4c(s3)CCCCCC4)cc2)CC1. The van der Waals surface area contributed by atoms with Crippen molar-refractivity contribution in [3.8, 4) is 0 Å². The molecule has 0 saturated carbocycles. The second-order valence-electron chi connectivity index (χ2n) is 7.76. The highest BCUT2D eigenvalue weighted by atomic mass is 32.1. The number of hydrogen-bond donors (Lipinski definition) is 1. The molecule has 2 heterocycles. The van der Waals surface area contributed by atoms with E-state index < -0.39 is 0 Å². The van der Waals surface area contributed by atoms with E-state index in [-0.39, 0.29) is 5.91 Å². The Morgan fingerprint density at radius 2 is 1.67 bits per heavy atom. The molecule has 144 valence electrons. The molecule has 1 aromatic heterocycles. The van der Waals surface area contributed by atoms with Crippen LogP contribution in [0.15, 0.2) is 30.3 Å². The minimum atomic E-state index is 0.0269. The van der Waals surface area contributed by atoms with Crippen molar-refractivity contribution in [2.45, 2.75) is 38.5 Å². The number of fused-ring (bicyclic) bond motifs is 1. The topological polar surface area (TPSA) is 35.6 Å². The van der Waals surface area contributed by atoms with Gasteiger partial charge in [-0.25, -0.2) is 0 Å².